The zero-order valence-corrected chi connectivity index (χ0v) is 56.4. The lowest BCUT2D eigenvalue weighted by atomic mass is 9.33. The fraction of sp³-hybridized carbons (Fsp3) is 0.349. The average Bonchev–Trinajstić information content (AvgIpc) is 0.807. The highest BCUT2D eigenvalue weighted by atomic mass is 32.1. The molecule has 0 saturated heterocycles. The molecule has 0 radical (unpaired) electrons. The van der Waals surface area contributed by atoms with Gasteiger partial charge in [-0.3, -0.25) is 0 Å². The smallest absolute Gasteiger partial charge is 0.252 e. The molecule has 444 valence electrons. The maximum absolute atomic E-state index is 2.75. The summed E-state index contributed by atoms with van der Waals surface area (Å²) in [6, 6.07) is 68.1. The Morgan fingerprint density at radius 2 is 0.864 bits per heavy atom. The Morgan fingerprint density at radius 3 is 1.45 bits per heavy atom. The van der Waals surface area contributed by atoms with Gasteiger partial charge in [0.05, 0.1) is 16.1 Å². The van der Waals surface area contributed by atoms with Crippen molar-refractivity contribution in [3.05, 3.63) is 225 Å². The van der Waals surface area contributed by atoms with E-state index in [-0.39, 0.29) is 50.0 Å². The van der Waals surface area contributed by atoms with Gasteiger partial charge in [0.25, 0.3) is 6.71 Å². The first-order chi connectivity index (χ1) is 41.4. The van der Waals surface area contributed by atoms with E-state index >= 15 is 0 Å². The van der Waals surface area contributed by atoms with Gasteiger partial charge in [0.2, 0.25) is 0 Å². The second-order valence-electron chi connectivity index (χ2n) is 32.8. The van der Waals surface area contributed by atoms with Gasteiger partial charge in [-0.05, 0) is 197 Å². The third kappa shape index (κ3) is 8.33. The number of thiophene rings is 1. The second-order valence-corrected chi connectivity index (χ2v) is 33.9. The molecule has 5 aliphatic rings. The second kappa shape index (κ2) is 18.6. The molecule has 9 aromatic carbocycles. The number of hydrogen-bond donors (Lipinski definition) is 0. The molecule has 3 nitrogen and oxygen atoms in total. The summed E-state index contributed by atoms with van der Waals surface area (Å²) in [5.74, 6) is 0. The normalized spacial score (nSPS) is 18.5. The fourth-order valence-corrected chi connectivity index (χ4v) is 18.6. The van der Waals surface area contributed by atoms with Gasteiger partial charge >= 0.3 is 0 Å². The Balaban J connectivity index is 1.12. The van der Waals surface area contributed by atoms with Crippen LogP contribution in [0.1, 0.15) is 200 Å². The highest BCUT2D eigenvalue weighted by Crippen LogP contribution is 2.58. The topological polar surface area (TPSA) is 9.72 Å². The van der Waals surface area contributed by atoms with Gasteiger partial charge in [-0.1, -0.05) is 222 Å². The Hall–Kier alpha value is -7.34. The van der Waals surface area contributed by atoms with Crippen molar-refractivity contribution in [2.45, 2.75) is 187 Å². The number of hydrogen-bond acceptors (Lipinski definition) is 4. The van der Waals surface area contributed by atoms with Crippen LogP contribution in [0.4, 0.5) is 51.2 Å². The lowest BCUT2D eigenvalue weighted by molar-refractivity contribution is 0.332. The molecule has 0 unspecified atom stereocenters. The van der Waals surface area contributed by atoms with E-state index in [4.69, 9.17) is 0 Å². The van der Waals surface area contributed by atoms with Crippen molar-refractivity contribution in [3.8, 4) is 0 Å². The Kier molecular flexibility index (Phi) is 12.1. The average molecular weight is 1170 g/mol. The van der Waals surface area contributed by atoms with E-state index in [1.807, 2.05) is 11.3 Å². The molecule has 2 aliphatic heterocycles. The number of nitrogens with zero attached hydrogens (tertiary/aromatic N) is 3. The third-order valence-electron chi connectivity index (χ3n) is 22.3. The summed E-state index contributed by atoms with van der Waals surface area (Å²) in [4.78, 5) is 8.07. The van der Waals surface area contributed by atoms with Gasteiger partial charge in [0.15, 0.2) is 0 Å². The van der Waals surface area contributed by atoms with E-state index in [0.29, 0.717) is 0 Å². The van der Waals surface area contributed by atoms with Crippen LogP contribution in [-0.4, -0.2) is 6.71 Å². The molecule has 0 amide bonds. The number of rotatable bonds is 5. The van der Waals surface area contributed by atoms with Crippen molar-refractivity contribution in [3.63, 3.8) is 0 Å². The summed E-state index contributed by atoms with van der Waals surface area (Å²) in [7, 11) is 0. The zero-order valence-electron chi connectivity index (χ0n) is 55.6. The molecule has 3 heterocycles. The van der Waals surface area contributed by atoms with E-state index in [9.17, 15) is 0 Å². The van der Waals surface area contributed by atoms with Crippen LogP contribution in [-0.2, 0) is 43.3 Å². The first kappa shape index (κ1) is 57.1. The van der Waals surface area contributed by atoms with Crippen LogP contribution in [0.25, 0.3) is 20.2 Å². The van der Waals surface area contributed by atoms with E-state index in [2.05, 4.69) is 309 Å². The Morgan fingerprint density at radius 1 is 0.386 bits per heavy atom. The molecule has 15 rings (SSSR count). The predicted molar refractivity (Wildman–Crippen MR) is 382 cm³/mol. The van der Waals surface area contributed by atoms with Crippen LogP contribution in [0.5, 0.6) is 0 Å². The molecular formula is C83H88BN3S. The van der Waals surface area contributed by atoms with Crippen LogP contribution in [0.2, 0.25) is 0 Å². The van der Waals surface area contributed by atoms with Gasteiger partial charge in [-0.2, -0.15) is 0 Å². The van der Waals surface area contributed by atoms with E-state index in [0.717, 1.165) is 36.3 Å². The summed E-state index contributed by atoms with van der Waals surface area (Å²) in [6.45, 7) is 43.7. The van der Waals surface area contributed by atoms with Crippen molar-refractivity contribution in [2.24, 2.45) is 0 Å². The van der Waals surface area contributed by atoms with Crippen LogP contribution >= 0.6 is 11.3 Å². The molecule has 5 heteroatoms. The first-order valence-electron chi connectivity index (χ1n) is 32.7. The standard InChI is InChI=1S/C83H88BN3S/c1-76(2,3)50-30-34-52(35-31-50)85(53-36-32-51(33-37-53)77(4,5)6)55-43-71-74-72(44-55)87(68-28-23-25-57-56-24-19-22-29-73(56)88-75(57)68)70-47-63-62(80(11,12)49-81(63,13)14)45-66(70)84(74)67-46-64-65(83(17,18)60-27-21-20-26-59(60)82(64,15)16)48-69(67)86(71)54-38-39-58-61(42-54)79(9,10)41-40-78(58,7)8/h19-39,42-48H,40-41,49H2,1-18H3. The molecule has 0 N–H and O–H groups in total. The Bertz CT molecular complexity index is 4510. The summed E-state index contributed by atoms with van der Waals surface area (Å²) in [5, 5.41) is 2.61. The minimum Gasteiger partial charge on any atom is -0.311 e. The van der Waals surface area contributed by atoms with Crippen LogP contribution < -0.4 is 31.1 Å². The highest BCUT2D eigenvalue weighted by Gasteiger charge is 2.51. The SMILES string of the molecule is CC(C)(C)c1ccc(N(c2ccc(C(C)(C)C)cc2)c2cc3c4c(c2)N(c2cccc5c2sc2ccccc25)c2cc5c(cc2B4c2cc4c(cc2N3c2ccc3c(c2)C(C)(C)CCC3(C)C)C(C)(C)c2ccccc2C4(C)C)C(C)(C)CC5(C)C)cc1. The van der Waals surface area contributed by atoms with Crippen LogP contribution in [0.15, 0.2) is 170 Å². The molecule has 0 saturated carbocycles. The van der Waals surface area contributed by atoms with Gasteiger partial charge in [-0.15, -0.1) is 11.3 Å². The molecule has 1 aromatic heterocycles. The fourth-order valence-electron chi connectivity index (χ4n) is 17.3. The van der Waals surface area contributed by atoms with Crippen LogP contribution in [0, 0.1) is 0 Å². The molecular weight excluding hydrogens is 1080 g/mol. The van der Waals surface area contributed by atoms with Crippen molar-refractivity contribution in [1.29, 1.82) is 0 Å². The predicted octanol–water partition coefficient (Wildman–Crippen LogP) is 21.5. The number of fused-ring (bicyclic) bond motifs is 11. The van der Waals surface area contributed by atoms with Crippen molar-refractivity contribution >= 4 is 106 Å². The zero-order chi connectivity index (χ0) is 61.9. The third-order valence-corrected chi connectivity index (χ3v) is 23.5. The largest absolute Gasteiger partial charge is 0.311 e. The first-order valence-corrected chi connectivity index (χ1v) is 33.5. The van der Waals surface area contributed by atoms with Crippen LogP contribution in [0.3, 0.4) is 0 Å². The molecule has 0 fully saturated rings. The van der Waals surface area contributed by atoms with E-state index < -0.39 is 0 Å². The summed E-state index contributed by atoms with van der Waals surface area (Å²) < 4.78 is 2.62. The van der Waals surface area contributed by atoms with Gasteiger partial charge in [0, 0.05) is 66.1 Å². The minimum absolute atomic E-state index is 0.00815. The molecule has 0 bridgehead atoms. The minimum atomic E-state index is -0.271. The molecule has 0 spiro atoms. The maximum atomic E-state index is 2.75. The summed E-state index contributed by atoms with van der Waals surface area (Å²) in [6.07, 6.45) is 3.39. The quantitative estimate of drug-likeness (QED) is 0.159. The highest BCUT2D eigenvalue weighted by molar-refractivity contribution is 7.26. The molecule has 10 aromatic rings. The van der Waals surface area contributed by atoms with Crippen molar-refractivity contribution in [2.75, 3.05) is 14.7 Å². The monoisotopic (exact) mass is 1170 g/mol. The Labute approximate surface area is 529 Å². The van der Waals surface area contributed by atoms with Crippen molar-refractivity contribution < 1.29 is 0 Å². The molecule has 3 aliphatic carbocycles. The van der Waals surface area contributed by atoms with Gasteiger partial charge in [-0.25, -0.2) is 0 Å². The van der Waals surface area contributed by atoms with E-state index in [1.54, 1.807) is 0 Å². The number of benzene rings is 9. The molecule has 88 heavy (non-hydrogen) atoms. The van der Waals surface area contributed by atoms with Gasteiger partial charge < -0.3 is 14.7 Å². The summed E-state index contributed by atoms with van der Waals surface area (Å²) >= 11 is 1.94. The maximum Gasteiger partial charge on any atom is 0.252 e. The van der Waals surface area contributed by atoms with Crippen molar-refractivity contribution in [1.82, 2.24) is 0 Å². The summed E-state index contributed by atoms with van der Waals surface area (Å²) in [5.41, 5.74) is 28.6. The lowest BCUT2D eigenvalue weighted by Crippen LogP contribution is -2.62. The number of anilines is 9. The van der Waals surface area contributed by atoms with Gasteiger partial charge in [0.1, 0.15) is 0 Å². The van der Waals surface area contributed by atoms with E-state index in [1.165, 1.54) is 126 Å². The lowest BCUT2D eigenvalue weighted by Gasteiger charge is -2.49. The molecule has 0 atom stereocenters.